The van der Waals surface area contributed by atoms with E-state index in [1.807, 2.05) is 42.2 Å². The molecule has 210 valence electrons. The van der Waals surface area contributed by atoms with Crippen molar-refractivity contribution in [2.45, 2.75) is 39.3 Å². The van der Waals surface area contributed by atoms with E-state index in [0.717, 1.165) is 11.3 Å². The summed E-state index contributed by atoms with van der Waals surface area (Å²) in [4.78, 5) is 24.5. The summed E-state index contributed by atoms with van der Waals surface area (Å²) in [6.07, 6.45) is -2.22. The Balaban J connectivity index is 0.000000346. The molecule has 3 aromatic rings. The summed E-state index contributed by atoms with van der Waals surface area (Å²) >= 11 is 0. The van der Waals surface area contributed by atoms with Crippen LogP contribution in [-0.2, 0) is 4.79 Å². The van der Waals surface area contributed by atoms with E-state index in [9.17, 15) is 23.1 Å². The maximum atomic E-state index is 12.4. The lowest BCUT2D eigenvalue weighted by Crippen LogP contribution is -2.52. The van der Waals surface area contributed by atoms with E-state index in [2.05, 4.69) is 20.4 Å². The number of hydrogen-bond acceptors (Lipinski definition) is 8. The first-order valence-corrected chi connectivity index (χ1v) is 12.0. The fourth-order valence-electron chi connectivity index (χ4n) is 4.02. The lowest BCUT2D eigenvalue weighted by Gasteiger charge is -2.40. The van der Waals surface area contributed by atoms with Gasteiger partial charge in [-0.2, -0.15) is 13.2 Å². The van der Waals surface area contributed by atoms with Crippen LogP contribution in [0.1, 0.15) is 31.0 Å². The van der Waals surface area contributed by atoms with Gasteiger partial charge >= 0.3 is 12.1 Å². The monoisotopic (exact) mass is 547 g/mol. The molecule has 0 spiro atoms. The number of carboxylic acids is 1. The summed E-state index contributed by atoms with van der Waals surface area (Å²) in [5, 5.41) is 12.1. The molecule has 0 amide bonds. The lowest BCUT2D eigenvalue weighted by atomic mass is 10.1. The van der Waals surface area contributed by atoms with Crippen LogP contribution in [0.4, 0.5) is 19.0 Å². The fourth-order valence-corrected chi connectivity index (χ4v) is 4.02. The second-order valence-electron chi connectivity index (χ2n) is 9.19. The average molecular weight is 548 g/mol. The van der Waals surface area contributed by atoms with Gasteiger partial charge in [-0.1, -0.05) is 18.2 Å². The number of nitrogen functional groups attached to an aromatic ring is 1. The summed E-state index contributed by atoms with van der Waals surface area (Å²) < 4.78 is 41.9. The number of aliphatic carboxylic acids is 1. The number of halogens is 3. The van der Waals surface area contributed by atoms with Gasteiger partial charge in [-0.05, 0) is 50.6 Å². The molecule has 2 atom stereocenters. The second-order valence-corrected chi connectivity index (χ2v) is 9.19. The number of anilines is 1. The van der Waals surface area contributed by atoms with Gasteiger partial charge in [0.25, 0.3) is 0 Å². The Bertz CT molecular complexity index is 1340. The smallest absolute Gasteiger partial charge is 0.422 e. The minimum absolute atomic E-state index is 0.0736. The van der Waals surface area contributed by atoms with E-state index < -0.39 is 25.0 Å². The number of H-pyrrole nitrogens is 1. The first kappa shape index (κ1) is 29.5. The number of hydrogen-bond donors (Lipinski definition) is 4. The number of nitrogens with two attached hydrogens (primary N) is 1. The van der Waals surface area contributed by atoms with Gasteiger partial charge in [0.2, 0.25) is 5.88 Å². The van der Waals surface area contributed by atoms with Gasteiger partial charge in [-0.25, -0.2) is 25.2 Å². The summed E-state index contributed by atoms with van der Waals surface area (Å²) in [6.45, 7) is 3.84. The van der Waals surface area contributed by atoms with E-state index in [4.69, 9.17) is 10.5 Å². The van der Waals surface area contributed by atoms with E-state index in [1.165, 1.54) is 17.7 Å². The number of aromatic nitrogens is 2. The molecule has 0 saturated heterocycles. The van der Waals surface area contributed by atoms with Crippen LogP contribution in [0, 0.1) is 6.92 Å². The van der Waals surface area contributed by atoms with Gasteiger partial charge in [0.15, 0.2) is 12.9 Å². The Labute approximate surface area is 223 Å². The molecule has 1 aromatic carbocycles. The number of benzene rings is 1. The molecule has 10 nitrogen and oxygen atoms in total. The van der Waals surface area contributed by atoms with Crippen LogP contribution >= 0.6 is 0 Å². The molecule has 1 aliphatic heterocycles. The number of hydrazine groups is 1. The zero-order valence-corrected chi connectivity index (χ0v) is 22.2. The Hall–Kier alpha value is -4.10. The van der Waals surface area contributed by atoms with Crippen molar-refractivity contribution in [2.75, 3.05) is 26.4 Å². The van der Waals surface area contributed by atoms with Gasteiger partial charge in [-0.15, -0.1) is 0 Å². The molecule has 0 saturated carbocycles. The Morgan fingerprint density at radius 3 is 2.56 bits per heavy atom. The molecule has 0 aliphatic carbocycles. The van der Waals surface area contributed by atoms with E-state index in [1.54, 1.807) is 39.0 Å². The first-order chi connectivity index (χ1) is 18.2. The van der Waals surface area contributed by atoms with Crippen molar-refractivity contribution in [1.82, 2.24) is 25.3 Å². The van der Waals surface area contributed by atoms with Crippen molar-refractivity contribution >= 4 is 28.4 Å². The van der Waals surface area contributed by atoms with Crippen molar-refractivity contribution in [2.24, 2.45) is 4.99 Å². The summed E-state index contributed by atoms with van der Waals surface area (Å²) in [6, 6.07) is 11.3. The number of aliphatic imine (C=N–C) groups is 1. The molecule has 2 unspecified atom stereocenters. The maximum Gasteiger partial charge on any atom is 0.422 e. The third-order valence-electron chi connectivity index (χ3n) is 5.74. The van der Waals surface area contributed by atoms with E-state index in [0.29, 0.717) is 16.8 Å². The topological polar surface area (TPSA) is 132 Å². The normalized spacial score (nSPS) is 16.3. The number of para-hydroxylation sites is 1. The van der Waals surface area contributed by atoms with E-state index >= 15 is 0 Å². The third-order valence-corrected chi connectivity index (χ3v) is 5.74. The quantitative estimate of drug-likeness (QED) is 0.323. The van der Waals surface area contributed by atoms with Crippen molar-refractivity contribution in [3.8, 4) is 5.88 Å². The molecule has 4 rings (SSSR count). The molecule has 5 N–H and O–H groups in total. The predicted molar refractivity (Wildman–Crippen MR) is 143 cm³/mol. The Morgan fingerprint density at radius 2 is 1.97 bits per heavy atom. The minimum atomic E-state index is -4.44. The highest BCUT2D eigenvalue weighted by molar-refractivity contribution is 6.40. The van der Waals surface area contributed by atoms with Crippen LogP contribution in [0.3, 0.4) is 0 Å². The van der Waals surface area contributed by atoms with Crippen molar-refractivity contribution in [3.05, 3.63) is 65.5 Å². The van der Waals surface area contributed by atoms with Crippen LogP contribution in [0.25, 0.3) is 10.9 Å². The van der Waals surface area contributed by atoms with E-state index in [-0.39, 0.29) is 17.6 Å². The van der Waals surface area contributed by atoms with Gasteiger partial charge in [0.1, 0.15) is 11.5 Å². The number of nitrogens with zero attached hydrogens (tertiary/aromatic N) is 4. The summed E-state index contributed by atoms with van der Waals surface area (Å²) in [5.74, 6) is -0.495. The van der Waals surface area contributed by atoms with Gasteiger partial charge < -0.3 is 25.5 Å². The number of rotatable bonds is 7. The molecule has 2 aromatic heterocycles. The van der Waals surface area contributed by atoms with Crippen LogP contribution in [-0.4, -0.2) is 69.8 Å². The number of fused-ring (bicyclic) bond motifs is 1. The van der Waals surface area contributed by atoms with Crippen LogP contribution < -0.4 is 15.9 Å². The molecule has 0 radical (unpaired) electrons. The number of ether oxygens (including phenoxy) is 1. The number of aryl methyl sites for hydroxylation is 1. The maximum absolute atomic E-state index is 12.4. The number of carboxylic acid groups (broad SMARTS) is 1. The first-order valence-electron chi connectivity index (χ1n) is 12.0. The Kier molecular flexibility index (Phi) is 9.20. The third kappa shape index (κ3) is 7.94. The number of pyridine rings is 1. The van der Waals surface area contributed by atoms with Crippen LogP contribution in [0.15, 0.2) is 59.4 Å². The number of aromatic amines is 1. The molecule has 0 fully saturated rings. The minimum Gasteiger partial charge on any atom is -0.477 e. The molecular weight excluding hydrogens is 515 g/mol. The molecule has 13 heteroatoms. The van der Waals surface area contributed by atoms with Gasteiger partial charge in [0.05, 0.1) is 6.04 Å². The van der Waals surface area contributed by atoms with Crippen molar-refractivity contribution in [3.63, 3.8) is 0 Å². The van der Waals surface area contributed by atoms with Crippen molar-refractivity contribution in [1.29, 1.82) is 0 Å². The lowest BCUT2D eigenvalue weighted by molar-refractivity contribution is -0.154. The van der Waals surface area contributed by atoms with Crippen molar-refractivity contribution < 1.29 is 27.8 Å². The summed E-state index contributed by atoms with van der Waals surface area (Å²) in [7, 11) is 3.51. The molecule has 39 heavy (non-hydrogen) atoms. The standard InChI is InChI=1S/C18H24F3N5O3.C8H8N2/c1-10-6-13(8-22-15(10)29-9-18(19,20)21)12(3)26-11(2)7-14(16(27)28)23-17(26)24-25(4)5;9-8-5-6-3-1-2-4-7(6)10-8/h6-8,12,17,24H,9H2,1-5H3,(H,27,28);1-5,10H,9H2. The van der Waals surface area contributed by atoms with Crippen LogP contribution in [0.2, 0.25) is 0 Å². The second kappa shape index (κ2) is 12.2. The molecule has 0 bridgehead atoms. The molecule has 1 aliphatic rings. The Morgan fingerprint density at radius 1 is 1.28 bits per heavy atom. The number of alkyl halides is 3. The number of allylic oxidation sites excluding steroid dienone is 1. The average Bonchev–Trinajstić information content (AvgIpc) is 3.22. The fraction of sp³-hybridized carbons (Fsp3) is 0.346. The van der Waals surface area contributed by atoms with Crippen LogP contribution in [0.5, 0.6) is 5.88 Å². The highest BCUT2D eigenvalue weighted by atomic mass is 19.4. The number of carbonyl (C=O) groups is 1. The highest BCUT2D eigenvalue weighted by Crippen LogP contribution is 2.31. The zero-order valence-electron chi connectivity index (χ0n) is 22.2. The summed E-state index contributed by atoms with van der Waals surface area (Å²) in [5.41, 5.74) is 11.5. The molecular formula is C26H32F3N7O3. The molecule has 3 heterocycles. The van der Waals surface area contributed by atoms with Gasteiger partial charge in [-0.3, -0.25) is 0 Å². The highest BCUT2D eigenvalue weighted by Gasteiger charge is 2.31. The SMILES string of the molecule is CC1=CC(C(=O)O)=NC(NN(C)C)N1C(C)c1cnc(OCC(F)(F)F)c(C)c1.Nc1cc2ccccc2[nH]1. The predicted octanol–water partition coefficient (Wildman–Crippen LogP) is 4.24. The number of nitrogens with one attached hydrogen (secondary N) is 2. The van der Waals surface area contributed by atoms with Gasteiger partial charge in [0, 0.05) is 42.5 Å². The zero-order chi connectivity index (χ0) is 28.9. The largest absolute Gasteiger partial charge is 0.477 e.